The average molecular weight is 296 g/mol. The summed E-state index contributed by atoms with van der Waals surface area (Å²) >= 11 is 7.80. The largest absolute Gasteiger partial charge is 0.496 e. The van der Waals surface area contributed by atoms with Crippen molar-refractivity contribution in [2.24, 2.45) is 5.73 Å². The number of methoxy groups -OCH3 is 1. The lowest BCUT2D eigenvalue weighted by atomic mass is 10.0. The third-order valence-corrected chi connectivity index (χ3v) is 4.75. The van der Waals surface area contributed by atoms with E-state index in [0.29, 0.717) is 5.02 Å². The molecule has 102 valence electrons. The summed E-state index contributed by atoms with van der Waals surface area (Å²) < 4.78 is 5.36. The van der Waals surface area contributed by atoms with Gasteiger partial charge in [0.2, 0.25) is 0 Å². The van der Waals surface area contributed by atoms with Crippen LogP contribution in [0.3, 0.4) is 0 Å². The molecule has 1 aromatic carbocycles. The molecule has 1 heterocycles. The van der Waals surface area contributed by atoms with Gasteiger partial charge in [-0.3, -0.25) is 0 Å². The minimum absolute atomic E-state index is 0.0234. The lowest BCUT2D eigenvalue weighted by Gasteiger charge is -2.13. The predicted octanol–water partition coefficient (Wildman–Crippen LogP) is 4.27. The van der Waals surface area contributed by atoms with E-state index in [4.69, 9.17) is 22.1 Å². The molecule has 0 aliphatic carbocycles. The predicted molar refractivity (Wildman–Crippen MR) is 82.4 cm³/mol. The van der Waals surface area contributed by atoms with Crippen LogP contribution in [-0.4, -0.2) is 7.11 Å². The van der Waals surface area contributed by atoms with Crippen LogP contribution in [0.15, 0.2) is 24.3 Å². The van der Waals surface area contributed by atoms with Gasteiger partial charge >= 0.3 is 0 Å². The molecule has 19 heavy (non-hydrogen) atoms. The lowest BCUT2D eigenvalue weighted by Crippen LogP contribution is -2.12. The van der Waals surface area contributed by atoms with Gasteiger partial charge in [-0.25, -0.2) is 0 Å². The third kappa shape index (κ3) is 3.30. The molecule has 0 aliphatic rings. The molecule has 0 fully saturated rings. The summed E-state index contributed by atoms with van der Waals surface area (Å²) in [5.41, 5.74) is 8.64. The van der Waals surface area contributed by atoms with E-state index in [1.807, 2.05) is 18.2 Å². The number of nitrogens with two attached hydrogens (primary N) is 1. The Labute approximate surface area is 123 Å². The Morgan fingerprint density at radius 2 is 2.05 bits per heavy atom. The number of thiophene rings is 1. The molecule has 1 unspecified atom stereocenters. The first-order valence-corrected chi connectivity index (χ1v) is 7.35. The number of hydrogen-bond acceptors (Lipinski definition) is 3. The van der Waals surface area contributed by atoms with E-state index in [-0.39, 0.29) is 6.04 Å². The maximum absolute atomic E-state index is 6.29. The highest BCUT2D eigenvalue weighted by atomic mass is 35.5. The van der Waals surface area contributed by atoms with Crippen LogP contribution in [0.4, 0.5) is 0 Å². The van der Waals surface area contributed by atoms with Crippen LogP contribution in [0.2, 0.25) is 5.02 Å². The minimum atomic E-state index is -0.0234. The van der Waals surface area contributed by atoms with Gasteiger partial charge < -0.3 is 10.5 Å². The summed E-state index contributed by atoms with van der Waals surface area (Å²) in [5.74, 6) is 0.838. The number of benzene rings is 1. The average Bonchev–Trinajstić information content (AvgIpc) is 2.70. The molecule has 0 amide bonds. The van der Waals surface area contributed by atoms with Crippen LogP contribution in [0.25, 0.3) is 0 Å². The summed E-state index contributed by atoms with van der Waals surface area (Å²) in [4.78, 5) is 2.53. The molecule has 0 bridgehead atoms. The normalized spacial score (nSPS) is 12.5. The lowest BCUT2D eigenvalue weighted by molar-refractivity contribution is 0.408. The molecular formula is C15H18ClNOS. The van der Waals surface area contributed by atoms with Gasteiger partial charge in [0.05, 0.1) is 7.11 Å². The number of rotatable bonds is 4. The Bertz CT molecular complexity index is 560. The Kier molecular flexibility index (Phi) is 4.50. The van der Waals surface area contributed by atoms with Gasteiger partial charge in [0.1, 0.15) is 5.75 Å². The van der Waals surface area contributed by atoms with E-state index in [9.17, 15) is 0 Å². The van der Waals surface area contributed by atoms with Crippen molar-refractivity contribution < 1.29 is 4.74 Å². The monoisotopic (exact) mass is 295 g/mol. The fourth-order valence-corrected chi connectivity index (χ4v) is 3.27. The van der Waals surface area contributed by atoms with Gasteiger partial charge in [0.25, 0.3) is 0 Å². The molecule has 0 aliphatic heterocycles. The fourth-order valence-electron chi connectivity index (χ4n) is 2.03. The Morgan fingerprint density at radius 1 is 1.32 bits per heavy atom. The third-order valence-electron chi connectivity index (χ3n) is 3.23. The van der Waals surface area contributed by atoms with E-state index in [0.717, 1.165) is 17.7 Å². The van der Waals surface area contributed by atoms with Crippen LogP contribution in [0, 0.1) is 13.8 Å². The summed E-state index contributed by atoms with van der Waals surface area (Å²) in [5, 5.41) is 0.710. The summed E-state index contributed by atoms with van der Waals surface area (Å²) in [6.07, 6.45) is 0.725. The van der Waals surface area contributed by atoms with Crippen molar-refractivity contribution in [2.75, 3.05) is 7.11 Å². The molecule has 0 radical (unpaired) electrons. The zero-order chi connectivity index (χ0) is 14.0. The van der Waals surface area contributed by atoms with Gasteiger partial charge in [-0.2, -0.15) is 0 Å². The molecule has 2 rings (SSSR count). The second-order valence-corrected chi connectivity index (χ2v) is 6.38. The molecule has 0 saturated heterocycles. The second kappa shape index (κ2) is 5.95. The van der Waals surface area contributed by atoms with Gasteiger partial charge in [0, 0.05) is 20.8 Å². The quantitative estimate of drug-likeness (QED) is 0.914. The van der Waals surface area contributed by atoms with Crippen molar-refractivity contribution in [2.45, 2.75) is 26.3 Å². The highest BCUT2D eigenvalue weighted by Gasteiger charge is 2.14. The van der Waals surface area contributed by atoms with Crippen molar-refractivity contribution >= 4 is 22.9 Å². The van der Waals surface area contributed by atoms with E-state index < -0.39 is 0 Å². The minimum Gasteiger partial charge on any atom is -0.496 e. The summed E-state index contributed by atoms with van der Waals surface area (Å²) in [7, 11) is 1.66. The molecule has 4 heteroatoms. The maximum Gasteiger partial charge on any atom is 0.122 e. The van der Waals surface area contributed by atoms with Crippen molar-refractivity contribution in [3.8, 4) is 5.75 Å². The van der Waals surface area contributed by atoms with E-state index in [2.05, 4.69) is 19.9 Å². The van der Waals surface area contributed by atoms with E-state index >= 15 is 0 Å². The molecule has 2 aromatic rings. The molecular weight excluding hydrogens is 278 g/mol. The molecule has 0 saturated carbocycles. The zero-order valence-electron chi connectivity index (χ0n) is 11.4. The van der Waals surface area contributed by atoms with Crippen LogP contribution >= 0.6 is 22.9 Å². The van der Waals surface area contributed by atoms with Crippen LogP contribution in [0.1, 0.15) is 26.9 Å². The van der Waals surface area contributed by atoms with Crippen molar-refractivity contribution in [3.05, 3.63) is 50.2 Å². The smallest absolute Gasteiger partial charge is 0.122 e. The molecule has 2 N–H and O–H groups in total. The zero-order valence-corrected chi connectivity index (χ0v) is 12.9. The first-order chi connectivity index (χ1) is 9.01. The van der Waals surface area contributed by atoms with E-state index in [1.54, 1.807) is 18.4 Å². The SMILES string of the molecule is COc1ccc(Cl)cc1CC(N)c1cc(C)c(C)s1. The Hall–Kier alpha value is -1.03. The maximum atomic E-state index is 6.29. The first kappa shape index (κ1) is 14.4. The Balaban J connectivity index is 2.23. The van der Waals surface area contributed by atoms with Gasteiger partial charge in [-0.05, 0) is 55.7 Å². The fraction of sp³-hybridized carbons (Fsp3) is 0.333. The van der Waals surface area contributed by atoms with E-state index in [1.165, 1.54) is 15.3 Å². The topological polar surface area (TPSA) is 35.2 Å². The molecule has 0 spiro atoms. The van der Waals surface area contributed by atoms with Crippen molar-refractivity contribution in [1.82, 2.24) is 0 Å². The van der Waals surface area contributed by atoms with Crippen molar-refractivity contribution in [3.63, 3.8) is 0 Å². The molecule has 2 nitrogen and oxygen atoms in total. The van der Waals surface area contributed by atoms with Crippen molar-refractivity contribution in [1.29, 1.82) is 0 Å². The highest BCUT2D eigenvalue weighted by Crippen LogP contribution is 2.30. The highest BCUT2D eigenvalue weighted by molar-refractivity contribution is 7.12. The van der Waals surface area contributed by atoms with Gasteiger partial charge in [-0.15, -0.1) is 11.3 Å². The van der Waals surface area contributed by atoms with Gasteiger partial charge in [0.15, 0.2) is 0 Å². The number of ether oxygens (including phenoxy) is 1. The Morgan fingerprint density at radius 3 is 2.63 bits per heavy atom. The molecule has 1 atom stereocenters. The van der Waals surface area contributed by atoms with Crippen LogP contribution in [-0.2, 0) is 6.42 Å². The van der Waals surface area contributed by atoms with Gasteiger partial charge in [-0.1, -0.05) is 11.6 Å². The van der Waals surface area contributed by atoms with Crippen LogP contribution in [0.5, 0.6) is 5.75 Å². The second-order valence-electron chi connectivity index (χ2n) is 4.65. The summed E-state index contributed by atoms with van der Waals surface area (Å²) in [6.45, 7) is 4.23. The van der Waals surface area contributed by atoms with Crippen LogP contribution < -0.4 is 10.5 Å². The number of hydrogen-bond donors (Lipinski definition) is 1. The summed E-state index contributed by atoms with van der Waals surface area (Å²) in [6, 6.07) is 7.78. The number of aryl methyl sites for hydroxylation is 2. The molecule has 1 aromatic heterocycles. The first-order valence-electron chi connectivity index (χ1n) is 6.16. The standard InChI is InChI=1S/C15H18ClNOS/c1-9-6-15(19-10(9)2)13(17)8-11-7-12(16)4-5-14(11)18-3/h4-7,13H,8,17H2,1-3H3. The number of halogens is 1.